The Hall–Kier alpha value is -2.70. The normalized spacial score (nSPS) is 14.1. The van der Waals surface area contributed by atoms with Crippen LogP contribution in [0.5, 0.6) is 0 Å². The topological polar surface area (TPSA) is 64.2 Å². The minimum atomic E-state index is -0.251. The lowest BCUT2D eigenvalue weighted by molar-refractivity contribution is -0.117. The van der Waals surface area contributed by atoms with E-state index in [1.165, 1.54) is 0 Å². The molecule has 5 nitrogen and oxygen atoms in total. The highest BCUT2D eigenvalue weighted by atomic mass is 35.5. The summed E-state index contributed by atoms with van der Waals surface area (Å²) < 4.78 is 16.6. The number of nitrogens with zero attached hydrogens (tertiary/aromatic N) is 3. The van der Waals surface area contributed by atoms with Gasteiger partial charge in [-0.15, -0.1) is 12.4 Å². The highest BCUT2D eigenvalue weighted by Crippen LogP contribution is 2.31. The van der Waals surface area contributed by atoms with Gasteiger partial charge in [-0.2, -0.15) is 5.10 Å². The molecule has 2 N–H and O–H groups in total. The quantitative estimate of drug-likeness (QED) is 0.702. The first-order chi connectivity index (χ1) is 13.6. The molecular formula is C22H24ClFN4O. The zero-order valence-corrected chi connectivity index (χ0v) is 17.0. The highest BCUT2D eigenvalue weighted by Gasteiger charge is 2.25. The predicted molar refractivity (Wildman–Crippen MR) is 115 cm³/mol. The molecule has 1 aliphatic heterocycles. The van der Waals surface area contributed by atoms with E-state index in [-0.39, 0.29) is 36.6 Å². The fraction of sp³-hybridized carbons (Fsp3) is 0.273. The Morgan fingerprint density at radius 2 is 1.93 bits per heavy atom. The van der Waals surface area contributed by atoms with Crippen LogP contribution in [0.4, 0.5) is 10.2 Å². The minimum Gasteiger partial charge on any atom is -0.322 e. The smallest absolute Gasteiger partial charge is 0.241 e. The van der Waals surface area contributed by atoms with Crippen LogP contribution in [-0.2, 0) is 11.3 Å². The Kier molecular flexibility index (Phi) is 6.35. The summed E-state index contributed by atoms with van der Waals surface area (Å²) >= 11 is 0. The maximum absolute atomic E-state index is 14.8. The minimum absolute atomic E-state index is 0. The van der Waals surface area contributed by atoms with Gasteiger partial charge in [0.15, 0.2) is 0 Å². The number of fused-ring (bicyclic) bond motifs is 1. The third-order valence-corrected chi connectivity index (χ3v) is 5.30. The molecule has 1 aromatic heterocycles. The molecule has 4 rings (SSSR count). The third-order valence-electron chi connectivity index (χ3n) is 5.30. The first-order valence-electron chi connectivity index (χ1n) is 9.51. The number of aromatic nitrogens is 2. The second kappa shape index (κ2) is 8.76. The van der Waals surface area contributed by atoms with Crippen molar-refractivity contribution in [2.75, 3.05) is 18.0 Å². The average molecular weight is 415 g/mol. The van der Waals surface area contributed by atoms with Crippen molar-refractivity contribution in [1.29, 1.82) is 0 Å². The summed E-state index contributed by atoms with van der Waals surface area (Å²) in [6.45, 7) is 3.39. The van der Waals surface area contributed by atoms with Gasteiger partial charge in [0.1, 0.15) is 11.6 Å². The Morgan fingerprint density at radius 3 is 2.62 bits per heavy atom. The van der Waals surface area contributed by atoms with Crippen molar-refractivity contribution in [3.8, 4) is 11.1 Å². The van der Waals surface area contributed by atoms with Crippen LogP contribution in [0, 0.1) is 5.82 Å². The molecule has 1 aliphatic rings. The van der Waals surface area contributed by atoms with Crippen LogP contribution in [0.25, 0.3) is 11.1 Å². The van der Waals surface area contributed by atoms with E-state index in [4.69, 9.17) is 5.73 Å². The molecule has 2 aromatic carbocycles. The predicted octanol–water partition coefficient (Wildman–Crippen LogP) is 3.96. The standard InChI is InChI=1S/C22H23FN4O.ClH/c1-15(17-8-9-18(19(23)12-17)16-6-3-2-4-7-16)20-13-21-26(22(28)14-24)10-5-11-27(21)25-20;/h2-4,6-9,12-13,15H,5,10-11,14,24H2,1H3;1H. The number of aryl methyl sites for hydroxylation is 1. The molecule has 0 aliphatic carbocycles. The summed E-state index contributed by atoms with van der Waals surface area (Å²) in [6, 6.07) is 16.8. The van der Waals surface area contributed by atoms with Crippen LogP contribution in [0.15, 0.2) is 54.6 Å². The van der Waals surface area contributed by atoms with Crippen molar-refractivity contribution in [3.05, 3.63) is 71.7 Å². The zero-order chi connectivity index (χ0) is 19.7. The molecule has 3 aromatic rings. The highest BCUT2D eigenvalue weighted by molar-refractivity contribution is 5.94. The van der Waals surface area contributed by atoms with Gasteiger partial charge in [0.05, 0.1) is 12.2 Å². The van der Waals surface area contributed by atoms with Gasteiger partial charge in [0, 0.05) is 30.6 Å². The Labute approximate surface area is 175 Å². The molecule has 0 radical (unpaired) electrons. The van der Waals surface area contributed by atoms with Crippen molar-refractivity contribution in [2.45, 2.75) is 25.8 Å². The lowest BCUT2D eigenvalue weighted by atomic mass is 9.95. The zero-order valence-electron chi connectivity index (χ0n) is 16.2. The molecular weight excluding hydrogens is 391 g/mol. The molecule has 0 spiro atoms. The van der Waals surface area contributed by atoms with Crippen molar-refractivity contribution < 1.29 is 9.18 Å². The van der Waals surface area contributed by atoms with Crippen molar-refractivity contribution in [2.24, 2.45) is 5.73 Å². The molecule has 0 saturated carbocycles. The number of nitrogens with two attached hydrogens (primary N) is 1. The molecule has 152 valence electrons. The summed E-state index contributed by atoms with van der Waals surface area (Å²) in [5.41, 5.74) is 8.64. The van der Waals surface area contributed by atoms with E-state index >= 15 is 0 Å². The molecule has 7 heteroatoms. The van der Waals surface area contributed by atoms with Gasteiger partial charge < -0.3 is 5.73 Å². The van der Waals surface area contributed by atoms with Gasteiger partial charge >= 0.3 is 0 Å². The molecule has 1 atom stereocenters. The molecule has 0 fully saturated rings. The second-order valence-electron chi connectivity index (χ2n) is 7.08. The number of amides is 1. The Morgan fingerprint density at radius 1 is 1.17 bits per heavy atom. The first kappa shape index (κ1) is 21.0. The lowest BCUT2D eigenvalue weighted by Crippen LogP contribution is -2.41. The van der Waals surface area contributed by atoms with E-state index in [1.54, 1.807) is 11.0 Å². The van der Waals surface area contributed by atoms with Gasteiger partial charge in [0.2, 0.25) is 5.91 Å². The molecule has 2 heterocycles. The van der Waals surface area contributed by atoms with Crippen LogP contribution in [0.2, 0.25) is 0 Å². The van der Waals surface area contributed by atoms with Crippen LogP contribution in [0.1, 0.15) is 30.5 Å². The number of carbonyl (C=O) groups excluding carboxylic acids is 1. The van der Waals surface area contributed by atoms with Gasteiger partial charge in [-0.3, -0.25) is 9.69 Å². The molecule has 0 saturated heterocycles. The maximum Gasteiger partial charge on any atom is 0.241 e. The van der Waals surface area contributed by atoms with Gasteiger partial charge in [-0.1, -0.05) is 49.4 Å². The number of halogens is 2. The molecule has 1 amide bonds. The summed E-state index contributed by atoms with van der Waals surface area (Å²) in [5, 5.41) is 4.66. The maximum atomic E-state index is 14.8. The van der Waals surface area contributed by atoms with Crippen LogP contribution >= 0.6 is 12.4 Å². The van der Waals surface area contributed by atoms with E-state index in [0.717, 1.165) is 35.6 Å². The number of carbonyl (C=O) groups is 1. The average Bonchev–Trinajstić information content (AvgIpc) is 3.17. The van der Waals surface area contributed by atoms with Crippen molar-refractivity contribution in [3.63, 3.8) is 0 Å². The van der Waals surface area contributed by atoms with Crippen molar-refractivity contribution in [1.82, 2.24) is 9.78 Å². The molecule has 29 heavy (non-hydrogen) atoms. The number of hydrogen-bond acceptors (Lipinski definition) is 3. The summed E-state index contributed by atoms with van der Waals surface area (Å²) in [4.78, 5) is 13.8. The number of hydrogen-bond donors (Lipinski definition) is 1. The SMILES string of the molecule is CC(c1ccc(-c2ccccc2)c(F)c1)c1cc2n(n1)CCCN2C(=O)CN.Cl. The Bertz CT molecular complexity index is 1010. The molecule has 0 bridgehead atoms. The van der Waals surface area contributed by atoms with Crippen LogP contribution in [-0.4, -0.2) is 28.8 Å². The Balaban J connectivity index is 0.00000240. The van der Waals surface area contributed by atoms with E-state index in [9.17, 15) is 9.18 Å². The van der Waals surface area contributed by atoms with Crippen molar-refractivity contribution >= 4 is 24.1 Å². The van der Waals surface area contributed by atoms with Gasteiger partial charge in [-0.25, -0.2) is 9.07 Å². The number of rotatable bonds is 4. The largest absolute Gasteiger partial charge is 0.322 e. The molecule has 1 unspecified atom stereocenters. The van der Waals surface area contributed by atoms with Crippen LogP contribution in [0.3, 0.4) is 0 Å². The van der Waals surface area contributed by atoms with Gasteiger partial charge in [0.25, 0.3) is 0 Å². The second-order valence-corrected chi connectivity index (χ2v) is 7.08. The summed E-state index contributed by atoms with van der Waals surface area (Å²) in [5.74, 6) is 0.315. The van der Waals surface area contributed by atoms with E-state index in [0.29, 0.717) is 12.1 Å². The number of benzene rings is 2. The van der Waals surface area contributed by atoms with Gasteiger partial charge in [-0.05, 0) is 23.6 Å². The van der Waals surface area contributed by atoms with E-state index < -0.39 is 0 Å². The monoisotopic (exact) mass is 414 g/mol. The third kappa shape index (κ3) is 4.04. The summed E-state index contributed by atoms with van der Waals surface area (Å²) in [6.07, 6.45) is 0.842. The fourth-order valence-electron chi connectivity index (χ4n) is 3.70. The van der Waals surface area contributed by atoms with E-state index in [1.807, 2.05) is 60.1 Å². The van der Waals surface area contributed by atoms with E-state index in [2.05, 4.69) is 5.10 Å². The van der Waals surface area contributed by atoms with Crippen LogP contribution < -0.4 is 10.6 Å². The summed E-state index contributed by atoms with van der Waals surface area (Å²) in [7, 11) is 0. The lowest BCUT2D eigenvalue weighted by Gasteiger charge is -2.26. The number of anilines is 1. The first-order valence-corrected chi connectivity index (χ1v) is 9.51. The fourth-order valence-corrected chi connectivity index (χ4v) is 3.70.